The van der Waals surface area contributed by atoms with Crippen LogP contribution in [0.25, 0.3) is 0 Å². The fraction of sp³-hybridized carbons (Fsp3) is 0.357. The molecule has 1 unspecified atom stereocenters. The fourth-order valence-electron chi connectivity index (χ4n) is 1.84. The minimum atomic E-state index is -0.950. The van der Waals surface area contributed by atoms with Gasteiger partial charge in [0.25, 0.3) is 0 Å². The molecular weight excluding hydrogens is 274 g/mol. The minimum absolute atomic E-state index is 0.128. The van der Waals surface area contributed by atoms with Crippen molar-refractivity contribution < 1.29 is 19.5 Å². The Labute approximate surface area is 122 Å². The first-order chi connectivity index (χ1) is 9.79. The molecule has 1 rings (SSSR count). The van der Waals surface area contributed by atoms with E-state index in [0.717, 1.165) is 0 Å². The van der Waals surface area contributed by atoms with Crippen molar-refractivity contribution in [2.24, 2.45) is 11.7 Å². The average Bonchev–Trinajstić information content (AvgIpc) is 2.34. The summed E-state index contributed by atoms with van der Waals surface area (Å²) in [6.45, 7) is 3.56. The van der Waals surface area contributed by atoms with Crippen LogP contribution in [0.15, 0.2) is 24.3 Å². The Kier molecular flexibility index (Phi) is 5.71. The van der Waals surface area contributed by atoms with Gasteiger partial charge in [-0.3, -0.25) is 9.59 Å². The number of anilines is 1. The third-order valence-corrected chi connectivity index (χ3v) is 2.80. The first kappa shape index (κ1) is 16.5. The summed E-state index contributed by atoms with van der Waals surface area (Å²) in [5.41, 5.74) is 6.09. The highest BCUT2D eigenvalue weighted by Crippen LogP contribution is 2.13. The maximum absolute atomic E-state index is 12.1. The number of hydrogen-bond acceptors (Lipinski definition) is 3. The van der Waals surface area contributed by atoms with E-state index < -0.39 is 23.9 Å². The Morgan fingerprint density at radius 3 is 2.48 bits per heavy atom. The molecule has 1 aromatic carbocycles. The number of nitrogens with one attached hydrogen (secondary N) is 2. The molecule has 0 aliphatic carbocycles. The van der Waals surface area contributed by atoms with Gasteiger partial charge in [-0.05, 0) is 23.6 Å². The molecule has 0 saturated carbocycles. The van der Waals surface area contributed by atoms with Gasteiger partial charge in [-0.15, -0.1) is 0 Å². The number of carboxylic acid groups (broad SMARTS) is 1. The van der Waals surface area contributed by atoms with Crippen LogP contribution in [-0.4, -0.2) is 29.1 Å². The van der Waals surface area contributed by atoms with Gasteiger partial charge in [0.2, 0.25) is 5.91 Å². The average molecular weight is 293 g/mol. The molecule has 3 amide bonds. The summed E-state index contributed by atoms with van der Waals surface area (Å²) in [5.74, 6) is -1.50. The van der Waals surface area contributed by atoms with Crippen molar-refractivity contribution in [1.82, 2.24) is 5.32 Å². The van der Waals surface area contributed by atoms with Crippen LogP contribution in [0, 0.1) is 5.92 Å². The van der Waals surface area contributed by atoms with Crippen LogP contribution in [0.1, 0.15) is 19.4 Å². The molecule has 0 aromatic heterocycles. The van der Waals surface area contributed by atoms with Crippen LogP contribution in [-0.2, 0) is 16.0 Å². The standard InChI is InChI=1S/C14H19N3O4/c1-8(2)12(17-14(15)21)13(20)16-10-5-3-4-9(6-10)7-11(18)19/h3-6,8,12H,7H2,1-2H3,(H,16,20)(H,18,19)(H3,15,17,21). The van der Waals surface area contributed by atoms with E-state index in [-0.39, 0.29) is 12.3 Å². The summed E-state index contributed by atoms with van der Waals surface area (Å²) < 4.78 is 0. The Balaban J connectivity index is 2.81. The molecule has 0 radical (unpaired) electrons. The molecule has 0 aliphatic rings. The highest BCUT2D eigenvalue weighted by molar-refractivity contribution is 5.97. The van der Waals surface area contributed by atoms with Crippen molar-refractivity contribution in [1.29, 1.82) is 0 Å². The van der Waals surface area contributed by atoms with Gasteiger partial charge in [0.05, 0.1) is 6.42 Å². The minimum Gasteiger partial charge on any atom is -0.481 e. The molecule has 21 heavy (non-hydrogen) atoms. The largest absolute Gasteiger partial charge is 0.481 e. The molecule has 7 heteroatoms. The van der Waals surface area contributed by atoms with E-state index in [1.165, 1.54) is 0 Å². The van der Waals surface area contributed by atoms with Crippen LogP contribution < -0.4 is 16.4 Å². The normalized spacial score (nSPS) is 11.8. The van der Waals surface area contributed by atoms with E-state index in [1.807, 2.05) is 0 Å². The first-order valence-corrected chi connectivity index (χ1v) is 6.47. The molecule has 1 aromatic rings. The van der Waals surface area contributed by atoms with Gasteiger partial charge in [0.15, 0.2) is 0 Å². The molecule has 0 aliphatic heterocycles. The van der Waals surface area contributed by atoms with Crippen LogP contribution >= 0.6 is 0 Å². The van der Waals surface area contributed by atoms with Crippen molar-refractivity contribution in [3.05, 3.63) is 29.8 Å². The van der Waals surface area contributed by atoms with Crippen molar-refractivity contribution in [3.63, 3.8) is 0 Å². The van der Waals surface area contributed by atoms with Crippen molar-refractivity contribution in [2.75, 3.05) is 5.32 Å². The Morgan fingerprint density at radius 1 is 1.29 bits per heavy atom. The number of benzene rings is 1. The SMILES string of the molecule is CC(C)C(NC(N)=O)C(=O)Nc1cccc(CC(=O)O)c1. The van der Waals surface area contributed by atoms with Gasteiger partial charge in [0, 0.05) is 5.69 Å². The number of carboxylic acids is 1. The molecule has 114 valence electrons. The maximum Gasteiger partial charge on any atom is 0.312 e. The summed E-state index contributed by atoms with van der Waals surface area (Å²) in [7, 11) is 0. The Bertz CT molecular complexity index is 543. The van der Waals surface area contributed by atoms with Crippen molar-refractivity contribution in [3.8, 4) is 0 Å². The smallest absolute Gasteiger partial charge is 0.312 e. The van der Waals surface area contributed by atoms with Gasteiger partial charge in [-0.2, -0.15) is 0 Å². The predicted octanol–water partition coefficient (Wildman–Crippen LogP) is 0.945. The lowest BCUT2D eigenvalue weighted by molar-refractivity contribution is -0.136. The number of amides is 3. The summed E-state index contributed by atoms with van der Waals surface area (Å²) >= 11 is 0. The zero-order chi connectivity index (χ0) is 16.0. The van der Waals surface area contributed by atoms with Crippen LogP contribution in [0.2, 0.25) is 0 Å². The van der Waals surface area contributed by atoms with E-state index in [4.69, 9.17) is 10.8 Å². The first-order valence-electron chi connectivity index (χ1n) is 6.47. The molecule has 0 heterocycles. The predicted molar refractivity (Wildman–Crippen MR) is 77.8 cm³/mol. The highest BCUT2D eigenvalue weighted by Gasteiger charge is 2.23. The lowest BCUT2D eigenvalue weighted by Gasteiger charge is -2.20. The zero-order valence-electron chi connectivity index (χ0n) is 11.9. The number of nitrogens with two attached hydrogens (primary N) is 1. The van der Waals surface area contributed by atoms with Crippen LogP contribution in [0.4, 0.5) is 10.5 Å². The maximum atomic E-state index is 12.1. The van der Waals surface area contributed by atoms with E-state index in [0.29, 0.717) is 11.3 Å². The molecule has 0 saturated heterocycles. The summed E-state index contributed by atoms with van der Waals surface area (Å²) in [5, 5.41) is 13.8. The molecule has 5 N–H and O–H groups in total. The van der Waals surface area contributed by atoms with E-state index >= 15 is 0 Å². The van der Waals surface area contributed by atoms with E-state index in [1.54, 1.807) is 38.1 Å². The molecule has 0 spiro atoms. The lowest BCUT2D eigenvalue weighted by Crippen LogP contribution is -2.49. The van der Waals surface area contributed by atoms with E-state index in [2.05, 4.69) is 10.6 Å². The molecule has 0 fully saturated rings. The monoisotopic (exact) mass is 293 g/mol. The lowest BCUT2D eigenvalue weighted by atomic mass is 10.0. The zero-order valence-corrected chi connectivity index (χ0v) is 11.9. The van der Waals surface area contributed by atoms with E-state index in [9.17, 15) is 14.4 Å². The van der Waals surface area contributed by atoms with Crippen molar-refractivity contribution in [2.45, 2.75) is 26.3 Å². The second kappa shape index (κ2) is 7.28. The van der Waals surface area contributed by atoms with Crippen LogP contribution in [0.5, 0.6) is 0 Å². The number of carbonyl (C=O) groups excluding carboxylic acids is 2. The van der Waals surface area contributed by atoms with Gasteiger partial charge < -0.3 is 21.5 Å². The van der Waals surface area contributed by atoms with Crippen molar-refractivity contribution >= 4 is 23.6 Å². The number of rotatable bonds is 6. The van der Waals surface area contributed by atoms with Gasteiger partial charge >= 0.3 is 12.0 Å². The van der Waals surface area contributed by atoms with Gasteiger partial charge in [-0.25, -0.2) is 4.79 Å². The second-order valence-electron chi connectivity index (χ2n) is 4.99. The molecular formula is C14H19N3O4. The molecule has 1 atom stereocenters. The quantitative estimate of drug-likeness (QED) is 0.623. The summed E-state index contributed by atoms with van der Waals surface area (Å²) in [6, 6.07) is 5.00. The summed E-state index contributed by atoms with van der Waals surface area (Å²) in [4.78, 5) is 33.7. The number of hydrogen-bond donors (Lipinski definition) is 4. The molecule has 0 bridgehead atoms. The third-order valence-electron chi connectivity index (χ3n) is 2.80. The Hall–Kier alpha value is -2.57. The number of primary amides is 1. The third kappa shape index (κ3) is 5.52. The Morgan fingerprint density at radius 2 is 1.95 bits per heavy atom. The second-order valence-corrected chi connectivity index (χ2v) is 4.99. The van der Waals surface area contributed by atoms with Crippen LogP contribution in [0.3, 0.4) is 0 Å². The number of carbonyl (C=O) groups is 3. The molecule has 7 nitrogen and oxygen atoms in total. The highest BCUT2D eigenvalue weighted by atomic mass is 16.4. The topological polar surface area (TPSA) is 122 Å². The van der Waals surface area contributed by atoms with Gasteiger partial charge in [-0.1, -0.05) is 26.0 Å². The number of urea groups is 1. The van der Waals surface area contributed by atoms with Gasteiger partial charge in [0.1, 0.15) is 6.04 Å². The fourth-order valence-corrected chi connectivity index (χ4v) is 1.84. The number of aliphatic carboxylic acids is 1. The summed E-state index contributed by atoms with van der Waals surface area (Å²) in [6.07, 6.45) is -0.128.